The number of hydrogen-bond acceptors (Lipinski definition) is 2. The van der Waals surface area contributed by atoms with Gasteiger partial charge in [-0.1, -0.05) is 58.4 Å². The minimum atomic E-state index is -0.731. The summed E-state index contributed by atoms with van der Waals surface area (Å²) in [6, 6.07) is 6.09. The number of rotatable bonds is 6. The second-order valence-electron chi connectivity index (χ2n) is 11.4. The molecule has 2 amide bonds. The van der Waals surface area contributed by atoms with Crippen LogP contribution in [-0.4, -0.2) is 28.0 Å². The zero-order valence-electron chi connectivity index (χ0n) is 20.9. The fourth-order valence-electron chi connectivity index (χ4n) is 5.10. The zero-order valence-corrected chi connectivity index (χ0v) is 21.6. The molecular weight excluding hydrogens is 436 g/mol. The van der Waals surface area contributed by atoms with Gasteiger partial charge < -0.3 is 10.4 Å². The van der Waals surface area contributed by atoms with Crippen LogP contribution in [0.25, 0.3) is 0 Å². The summed E-state index contributed by atoms with van der Waals surface area (Å²) in [5.41, 5.74) is 2.83. The minimum Gasteiger partial charge on any atom is -0.481 e. The number of benzene rings is 1. The van der Waals surface area contributed by atoms with Crippen molar-refractivity contribution in [3.05, 3.63) is 46.1 Å². The van der Waals surface area contributed by atoms with E-state index in [-0.39, 0.29) is 29.3 Å². The summed E-state index contributed by atoms with van der Waals surface area (Å²) in [6.45, 7) is 13.0. The molecule has 0 bridgehead atoms. The number of carbonyl (C=O) groups is 2. The van der Waals surface area contributed by atoms with Crippen molar-refractivity contribution < 1.29 is 14.7 Å². The van der Waals surface area contributed by atoms with Crippen LogP contribution in [0.1, 0.15) is 84.8 Å². The highest BCUT2D eigenvalue weighted by atomic mass is 35.5. The number of urea groups is 1. The van der Waals surface area contributed by atoms with Gasteiger partial charge in [-0.2, -0.15) is 0 Å². The molecule has 1 aliphatic heterocycles. The molecular formula is C27H39ClN2O3. The SMILES string of the molecule is CC(C)C1=CN(C2CCC(C(=O)O)CC2)C(=O)NC1(C)c1ccc(CCC(C)(C)C)c(Cl)c1. The van der Waals surface area contributed by atoms with Gasteiger partial charge in [0, 0.05) is 17.3 Å². The molecule has 2 N–H and O–H groups in total. The lowest BCUT2D eigenvalue weighted by Crippen LogP contribution is -2.57. The molecule has 1 aliphatic carbocycles. The smallest absolute Gasteiger partial charge is 0.322 e. The summed E-state index contributed by atoms with van der Waals surface area (Å²) in [4.78, 5) is 26.4. The van der Waals surface area contributed by atoms with E-state index >= 15 is 0 Å². The maximum Gasteiger partial charge on any atom is 0.322 e. The maximum absolute atomic E-state index is 13.3. The van der Waals surface area contributed by atoms with Crippen molar-refractivity contribution in [3.8, 4) is 0 Å². The monoisotopic (exact) mass is 474 g/mol. The van der Waals surface area contributed by atoms with E-state index in [1.54, 1.807) is 4.90 Å². The van der Waals surface area contributed by atoms with Gasteiger partial charge in [0.05, 0.1) is 11.5 Å². The number of amides is 2. The number of carboxylic acids is 1. The zero-order chi connectivity index (χ0) is 24.6. The number of carbonyl (C=O) groups excluding carboxylic acids is 1. The third kappa shape index (κ3) is 5.74. The molecule has 6 heteroatoms. The predicted octanol–water partition coefficient (Wildman–Crippen LogP) is 6.74. The number of carboxylic acid groups (broad SMARTS) is 1. The van der Waals surface area contributed by atoms with Gasteiger partial charge in [-0.3, -0.25) is 9.69 Å². The van der Waals surface area contributed by atoms with Crippen LogP contribution in [0.15, 0.2) is 30.0 Å². The fourth-order valence-corrected chi connectivity index (χ4v) is 5.37. The molecule has 1 saturated carbocycles. The third-order valence-electron chi connectivity index (χ3n) is 7.28. The molecule has 5 nitrogen and oxygen atoms in total. The summed E-state index contributed by atoms with van der Waals surface area (Å²) in [6.07, 6.45) is 6.61. The second-order valence-corrected chi connectivity index (χ2v) is 11.8. The molecule has 1 fully saturated rings. The highest BCUT2D eigenvalue weighted by Gasteiger charge is 2.42. The molecule has 2 aliphatic rings. The molecule has 182 valence electrons. The summed E-state index contributed by atoms with van der Waals surface area (Å²) in [5, 5.41) is 13.3. The summed E-state index contributed by atoms with van der Waals surface area (Å²) in [7, 11) is 0. The van der Waals surface area contributed by atoms with Crippen LogP contribution in [0.2, 0.25) is 5.02 Å². The van der Waals surface area contributed by atoms with E-state index in [9.17, 15) is 14.7 Å². The number of aryl methyl sites for hydroxylation is 1. The Morgan fingerprint density at radius 2 is 1.88 bits per heavy atom. The van der Waals surface area contributed by atoms with Gasteiger partial charge in [0.2, 0.25) is 0 Å². The van der Waals surface area contributed by atoms with E-state index in [1.165, 1.54) is 0 Å². The Kier molecular flexibility index (Phi) is 7.52. The topological polar surface area (TPSA) is 69.6 Å². The van der Waals surface area contributed by atoms with Gasteiger partial charge in [-0.15, -0.1) is 0 Å². The van der Waals surface area contributed by atoms with Crippen LogP contribution in [0.3, 0.4) is 0 Å². The summed E-state index contributed by atoms with van der Waals surface area (Å²) < 4.78 is 0. The van der Waals surface area contributed by atoms with Crippen LogP contribution >= 0.6 is 11.6 Å². The van der Waals surface area contributed by atoms with Crippen LogP contribution in [0.4, 0.5) is 4.79 Å². The van der Waals surface area contributed by atoms with E-state index in [1.807, 2.05) is 12.3 Å². The van der Waals surface area contributed by atoms with Gasteiger partial charge in [0.1, 0.15) is 0 Å². The quantitative estimate of drug-likeness (QED) is 0.479. The van der Waals surface area contributed by atoms with E-state index < -0.39 is 11.5 Å². The van der Waals surface area contributed by atoms with Crippen LogP contribution < -0.4 is 5.32 Å². The number of nitrogens with zero attached hydrogens (tertiary/aromatic N) is 1. The number of halogens is 1. The molecule has 1 atom stereocenters. The highest BCUT2D eigenvalue weighted by molar-refractivity contribution is 6.31. The first-order valence-corrected chi connectivity index (χ1v) is 12.5. The van der Waals surface area contributed by atoms with Gasteiger partial charge in [0.25, 0.3) is 0 Å². The average molecular weight is 475 g/mol. The van der Waals surface area contributed by atoms with Crippen molar-refractivity contribution in [2.75, 3.05) is 0 Å². The molecule has 0 radical (unpaired) electrons. The molecule has 33 heavy (non-hydrogen) atoms. The Morgan fingerprint density at radius 3 is 2.39 bits per heavy atom. The Bertz CT molecular complexity index is 926. The molecule has 1 aromatic rings. The maximum atomic E-state index is 13.3. The Balaban J connectivity index is 1.87. The largest absolute Gasteiger partial charge is 0.481 e. The van der Waals surface area contributed by atoms with E-state index in [0.717, 1.165) is 34.6 Å². The van der Waals surface area contributed by atoms with Crippen molar-refractivity contribution >= 4 is 23.6 Å². The van der Waals surface area contributed by atoms with Crippen LogP contribution in [-0.2, 0) is 16.8 Å². The third-order valence-corrected chi connectivity index (χ3v) is 7.63. The van der Waals surface area contributed by atoms with E-state index in [4.69, 9.17) is 11.6 Å². The first-order valence-electron chi connectivity index (χ1n) is 12.2. The van der Waals surface area contributed by atoms with Crippen molar-refractivity contribution in [1.29, 1.82) is 0 Å². The lowest BCUT2D eigenvalue weighted by Gasteiger charge is -2.45. The molecule has 0 aromatic heterocycles. The lowest BCUT2D eigenvalue weighted by atomic mass is 9.77. The van der Waals surface area contributed by atoms with E-state index in [0.29, 0.717) is 25.7 Å². The molecule has 1 aromatic carbocycles. The number of hydrogen-bond donors (Lipinski definition) is 2. The highest BCUT2D eigenvalue weighted by Crippen LogP contribution is 2.40. The van der Waals surface area contributed by atoms with Crippen LogP contribution in [0, 0.1) is 17.3 Å². The van der Waals surface area contributed by atoms with Crippen molar-refractivity contribution in [3.63, 3.8) is 0 Å². The first kappa shape index (κ1) is 25.6. The Labute approximate surface area is 203 Å². The fraction of sp³-hybridized carbons (Fsp3) is 0.630. The number of nitrogens with one attached hydrogen (secondary N) is 1. The second kappa shape index (κ2) is 9.69. The van der Waals surface area contributed by atoms with Gasteiger partial charge in [-0.05, 0) is 79.5 Å². The van der Waals surface area contributed by atoms with Crippen molar-refractivity contribution in [2.24, 2.45) is 17.3 Å². The van der Waals surface area contributed by atoms with Crippen molar-refractivity contribution in [2.45, 2.75) is 91.6 Å². The summed E-state index contributed by atoms with van der Waals surface area (Å²) >= 11 is 6.70. The average Bonchev–Trinajstić information content (AvgIpc) is 2.72. The van der Waals surface area contributed by atoms with Gasteiger partial charge >= 0.3 is 12.0 Å². The molecule has 1 heterocycles. The molecule has 0 saturated heterocycles. The van der Waals surface area contributed by atoms with E-state index in [2.05, 4.69) is 59.0 Å². The normalized spacial score (nSPS) is 26.2. The first-order chi connectivity index (χ1) is 15.3. The lowest BCUT2D eigenvalue weighted by molar-refractivity contribution is -0.143. The molecule has 3 rings (SSSR count). The Morgan fingerprint density at radius 1 is 1.24 bits per heavy atom. The molecule has 0 spiro atoms. The van der Waals surface area contributed by atoms with Gasteiger partial charge in [0.15, 0.2) is 0 Å². The minimum absolute atomic E-state index is 0.0299. The van der Waals surface area contributed by atoms with Gasteiger partial charge in [-0.25, -0.2) is 4.79 Å². The van der Waals surface area contributed by atoms with Crippen LogP contribution in [0.5, 0.6) is 0 Å². The summed E-state index contributed by atoms with van der Waals surface area (Å²) in [5.74, 6) is -0.815. The standard InChI is InChI=1S/C27H39ClN2O3/c1-17(2)22-16-30(21-11-8-19(9-12-21)24(31)32)25(33)29-27(22,6)20-10-7-18(23(28)15-20)13-14-26(3,4)5/h7,10,15-17,19,21H,8-9,11-14H2,1-6H3,(H,29,33)(H,31,32). The van der Waals surface area contributed by atoms with Crippen molar-refractivity contribution in [1.82, 2.24) is 10.2 Å². The predicted molar refractivity (Wildman–Crippen MR) is 133 cm³/mol. The Hall–Kier alpha value is -2.01. The molecule has 1 unspecified atom stereocenters. The number of aliphatic carboxylic acids is 1.